The Morgan fingerprint density at radius 2 is 2.36 bits per heavy atom. The molecular formula is C17H20ClN3O3S. The van der Waals surface area contributed by atoms with E-state index < -0.39 is 5.25 Å². The molecule has 0 aliphatic carbocycles. The second-order valence-electron chi connectivity index (χ2n) is 6.09. The number of hydrogen-bond donors (Lipinski definition) is 2. The maximum absolute atomic E-state index is 12.2. The van der Waals surface area contributed by atoms with E-state index in [2.05, 4.69) is 15.6 Å². The van der Waals surface area contributed by atoms with E-state index in [4.69, 9.17) is 16.3 Å². The number of nitrogens with one attached hydrogen (secondary N) is 2. The van der Waals surface area contributed by atoms with Crippen LogP contribution in [0.3, 0.4) is 0 Å². The third kappa shape index (κ3) is 4.96. The molecule has 2 amide bonds. The summed E-state index contributed by atoms with van der Waals surface area (Å²) in [6.07, 6.45) is 2.28. The van der Waals surface area contributed by atoms with Crippen molar-refractivity contribution in [3.05, 3.63) is 28.8 Å². The number of rotatable bonds is 5. The van der Waals surface area contributed by atoms with Gasteiger partial charge in [-0.05, 0) is 37.5 Å². The number of aryl methyl sites for hydroxylation is 1. The molecule has 0 spiro atoms. The predicted octanol–water partition coefficient (Wildman–Crippen LogP) is 2.74. The number of anilines is 1. The molecule has 2 unspecified atom stereocenters. The van der Waals surface area contributed by atoms with E-state index in [0.29, 0.717) is 22.4 Å². The number of carbonyl (C=O) groups excluding carboxylic acids is 2. The first kappa shape index (κ1) is 18.2. The summed E-state index contributed by atoms with van der Waals surface area (Å²) >= 11 is 7.35. The normalized spacial score (nSPS) is 24.6. The van der Waals surface area contributed by atoms with Gasteiger partial charge < -0.3 is 15.4 Å². The van der Waals surface area contributed by atoms with Crippen molar-refractivity contribution >= 4 is 46.0 Å². The highest BCUT2D eigenvalue weighted by atomic mass is 35.5. The van der Waals surface area contributed by atoms with Crippen LogP contribution < -0.4 is 10.6 Å². The zero-order valence-electron chi connectivity index (χ0n) is 13.9. The maximum atomic E-state index is 12.2. The number of amidine groups is 1. The lowest BCUT2D eigenvalue weighted by molar-refractivity contribution is -0.122. The molecule has 0 radical (unpaired) electrons. The van der Waals surface area contributed by atoms with Crippen LogP contribution in [0, 0.1) is 6.92 Å². The van der Waals surface area contributed by atoms with E-state index in [-0.39, 0.29) is 24.3 Å². The van der Waals surface area contributed by atoms with Crippen LogP contribution in [0.5, 0.6) is 0 Å². The molecule has 2 saturated heterocycles. The molecule has 2 aliphatic rings. The van der Waals surface area contributed by atoms with E-state index in [9.17, 15) is 9.59 Å². The van der Waals surface area contributed by atoms with E-state index in [1.807, 2.05) is 13.0 Å². The van der Waals surface area contributed by atoms with Crippen LogP contribution in [-0.4, -0.2) is 41.5 Å². The average Bonchev–Trinajstić information content (AvgIpc) is 3.19. The minimum absolute atomic E-state index is 0.0843. The first-order chi connectivity index (χ1) is 12.0. The molecular weight excluding hydrogens is 362 g/mol. The van der Waals surface area contributed by atoms with Gasteiger partial charge in [-0.1, -0.05) is 29.4 Å². The second-order valence-corrected chi connectivity index (χ2v) is 7.69. The number of ether oxygens (including phenoxy) is 1. The molecule has 2 heterocycles. The molecule has 0 saturated carbocycles. The Morgan fingerprint density at radius 3 is 3.08 bits per heavy atom. The van der Waals surface area contributed by atoms with Gasteiger partial charge in [0, 0.05) is 23.7 Å². The van der Waals surface area contributed by atoms with E-state index >= 15 is 0 Å². The van der Waals surface area contributed by atoms with Crippen molar-refractivity contribution in [3.63, 3.8) is 0 Å². The lowest BCUT2D eigenvalue weighted by Crippen LogP contribution is -2.28. The Bertz CT molecular complexity index is 704. The first-order valence-corrected chi connectivity index (χ1v) is 9.46. The summed E-state index contributed by atoms with van der Waals surface area (Å²) in [5, 5.41) is 6.19. The van der Waals surface area contributed by atoms with Crippen LogP contribution in [-0.2, 0) is 14.3 Å². The molecule has 8 heteroatoms. The quantitative estimate of drug-likeness (QED) is 0.821. The monoisotopic (exact) mass is 381 g/mol. The van der Waals surface area contributed by atoms with E-state index in [0.717, 1.165) is 25.0 Å². The Morgan fingerprint density at radius 1 is 1.52 bits per heavy atom. The fourth-order valence-electron chi connectivity index (χ4n) is 2.64. The number of carbonyl (C=O) groups is 2. The number of aliphatic imine (C=N–C) groups is 1. The summed E-state index contributed by atoms with van der Waals surface area (Å²) in [5.41, 5.74) is 1.56. The standard InChI is InChI=1S/C17H20ClN3O3S/c1-10-4-5-11(7-13(10)18)20-15(22)8-14-16(23)21-17(25-14)19-9-12-3-2-6-24-12/h4-5,7,12,14H,2-3,6,8-9H2,1H3,(H,20,22)(H,19,21,23). The molecule has 1 aromatic carbocycles. The molecule has 2 aliphatic heterocycles. The van der Waals surface area contributed by atoms with Gasteiger partial charge in [-0.2, -0.15) is 0 Å². The zero-order valence-corrected chi connectivity index (χ0v) is 15.5. The number of benzene rings is 1. The largest absolute Gasteiger partial charge is 0.376 e. The van der Waals surface area contributed by atoms with Gasteiger partial charge in [0.25, 0.3) is 0 Å². The number of thioether (sulfide) groups is 1. The highest BCUT2D eigenvalue weighted by Gasteiger charge is 2.32. The van der Waals surface area contributed by atoms with E-state index in [1.54, 1.807) is 12.1 Å². The molecule has 25 heavy (non-hydrogen) atoms. The molecule has 6 nitrogen and oxygen atoms in total. The molecule has 0 bridgehead atoms. The lowest BCUT2D eigenvalue weighted by atomic mass is 10.2. The fourth-order valence-corrected chi connectivity index (χ4v) is 3.80. The van der Waals surface area contributed by atoms with Crippen LogP contribution in [0.2, 0.25) is 5.02 Å². The van der Waals surface area contributed by atoms with Crippen LogP contribution >= 0.6 is 23.4 Å². The molecule has 2 fully saturated rings. The summed E-state index contributed by atoms with van der Waals surface area (Å²) in [5.74, 6) is -0.416. The average molecular weight is 382 g/mol. The number of amides is 2. The summed E-state index contributed by atoms with van der Waals surface area (Å²) < 4.78 is 5.51. The van der Waals surface area contributed by atoms with Gasteiger partial charge in [0.15, 0.2) is 5.17 Å². The van der Waals surface area contributed by atoms with Gasteiger partial charge in [-0.3, -0.25) is 14.6 Å². The Labute approximate surface area is 155 Å². The van der Waals surface area contributed by atoms with Gasteiger partial charge in [-0.25, -0.2) is 0 Å². The molecule has 134 valence electrons. The minimum Gasteiger partial charge on any atom is -0.376 e. The molecule has 2 N–H and O–H groups in total. The Kier molecular flexibility index (Phi) is 5.98. The first-order valence-electron chi connectivity index (χ1n) is 8.21. The maximum Gasteiger partial charge on any atom is 0.240 e. The molecule has 3 rings (SSSR count). The SMILES string of the molecule is Cc1ccc(NC(=O)CC2SC(=NCC3CCCO3)NC2=O)cc1Cl. The summed E-state index contributed by atoms with van der Waals surface area (Å²) in [7, 11) is 0. The Balaban J connectivity index is 1.51. The van der Waals surface area contributed by atoms with Crippen LogP contribution in [0.25, 0.3) is 0 Å². The number of halogens is 1. The fraction of sp³-hybridized carbons (Fsp3) is 0.471. The van der Waals surface area contributed by atoms with Crippen molar-refractivity contribution < 1.29 is 14.3 Å². The smallest absolute Gasteiger partial charge is 0.240 e. The van der Waals surface area contributed by atoms with Gasteiger partial charge in [0.05, 0.1) is 12.6 Å². The number of nitrogens with zero attached hydrogens (tertiary/aromatic N) is 1. The highest BCUT2D eigenvalue weighted by Crippen LogP contribution is 2.25. The third-order valence-corrected chi connectivity index (χ3v) is 5.59. The van der Waals surface area contributed by atoms with Gasteiger partial charge in [-0.15, -0.1) is 0 Å². The van der Waals surface area contributed by atoms with Gasteiger partial charge in [0.2, 0.25) is 11.8 Å². The minimum atomic E-state index is -0.468. The molecule has 1 aromatic rings. The van der Waals surface area contributed by atoms with Crippen LogP contribution in [0.15, 0.2) is 23.2 Å². The molecule has 2 atom stereocenters. The predicted molar refractivity (Wildman–Crippen MR) is 100 cm³/mol. The Hall–Kier alpha value is -1.57. The summed E-state index contributed by atoms with van der Waals surface area (Å²) in [6, 6.07) is 5.32. The summed E-state index contributed by atoms with van der Waals surface area (Å²) in [6.45, 7) is 3.22. The van der Waals surface area contributed by atoms with Crippen molar-refractivity contribution in [3.8, 4) is 0 Å². The van der Waals surface area contributed by atoms with Crippen LogP contribution in [0.4, 0.5) is 5.69 Å². The third-order valence-electron chi connectivity index (χ3n) is 4.07. The van der Waals surface area contributed by atoms with Crippen LogP contribution in [0.1, 0.15) is 24.8 Å². The van der Waals surface area contributed by atoms with Gasteiger partial charge in [0.1, 0.15) is 5.25 Å². The highest BCUT2D eigenvalue weighted by molar-refractivity contribution is 8.15. The lowest BCUT2D eigenvalue weighted by Gasteiger charge is -2.08. The van der Waals surface area contributed by atoms with Crippen molar-refractivity contribution in [2.24, 2.45) is 4.99 Å². The van der Waals surface area contributed by atoms with Crippen molar-refractivity contribution in [2.75, 3.05) is 18.5 Å². The number of hydrogen-bond acceptors (Lipinski definition) is 5. The van der Waals surface area contributed by atoms with Crippen molar-refractivity contribution in [2.45, 2.75) is 37.5 Å². The van der Waals surface area contributed by atoms with Gasteiger partial charge >= 0.3 is 0 Å². The van der Waals surface area contributed by atoms with Crippen molar-refractivity contribution in [1.82, 2.24) is 5.32 Å². The molecule has 0 aromatic heterocycles. The second kappa shape index (κ2) is 8.21. The summed E-state index contributed by atoms with van der Waals surface area (Å²) in [4.78, 5) is 28.6. The van der Waals surface area contributed by atoms with Crippen molar-refractivity contribution in [1.29, 1.82) is 0 Å². The topological polar surface area (TPSA) is 79.8 Å². The van der Waals surface area contributed by atoms with E-state index in [1.165, 1.54) is 11.8 Å². The zero-order chi connectivity index (χ0) is 17.8.